The Morgan fingerprint density at radius 2 is 1.65 bits per heavy atom. The van der Waals surface area contributed by atoms with Crippen LogP contribution in [0.3, 0.4) is 0 Å². The summed E-state index contributed by atoms with van der Waals surface area (Å²) in [7, 11) is 1.64. The molecule has 0 radical (unpaired) electrons. The van der Waals surface area contributed by atoms with Crippen molar-refractivity contribution in [2.24, 2.45) is 0 Å². The van der Waals surface area contributed by atoms with E-state index in [1.165, 1.54) is 0 Å². The van der Waals surface area contributed by atoms with Crippen LogP contribution >= 0.6 is 0 Å². The number of carbonyl (C=O) groups excluding carboxylic acids is 1. The van der Waals surface area contributed by atoms with Crippen LogP contribution in [-0.2, 0) is 11.2 Å². The number of nitrogens with zero attached hydrogens (tertiary/aromatic N) is 2. The van der Waals surface area contributed by atoms with E-state index in [2.05, 4.69) is 4.79 Å². The second kappa shape index (κ2) is 6.45. The Kier molecular flexibility index (Phi) is 4.43. The molecule has 4 heteroatoms. The lowest BCUT2D eigenvalue weighted by molar-refractivity contribution is -0.115. The van der Waals surface area contributed by atoms with Crippen LogP contribution in [-0.4, -0.2) is 23.9 Å². The maximum absolute atomic E-state index is 11.3. The second-order valence-electron chi connectivity index (χ2n) is 4.31. The van der Waals surface area contributed by atoms with Gasteiger partial charge in [0.15, 0.2) is 0 Å². The fraction of sp³-hybridized carbons (Fsp3) is 0.125. The van der Waals surface area contributed by atoms with Gasteiger partial charge in [0.2, 0.25) is 5.78 Å². The molecule has 0 aliphatic rings. The summed E-state index contributed by atoms with van der Waals surface area (Å²) in [6, 6.07) is 15.5. The molecule has 0 unspecified atom stereocenters. The Balaban J connectivity index is 2.14. The van der Waals surface area contributed by atoms with Gasteiger partial charge in [-0.2, -0.15) is 4.79 Å². The largest absolute Gasteiger partial charge is 0.497 e. The third kappa shape index (κ3) is 3.40. The molecule has 0 bridgehead atoms. The zero-order valence-corrected chi connectivity index (χ0v) is 11.1. The number of hydrogen-bond donors (Lipinski definition) is 0. The van der Waals surface area contributed by atoms with Crippen molar-refractivity contribution in [3.8, 4) is 16.9 Å². The molecular formula is C16H14N2O2. The molecule has 0 atom stereocenters. The minimum atomic E-state index is -0.232. The van der Waals surface area contributed by atoms with Crippen LogP contribution in [0.4, 0.5) is 0 Å². The summed E-state index contributed by atoms with van der Waals surface area (Å²) in [6.45, 7) is 0. The van der Waals surface area contributed by atoms with Gasteiger partial charge < -0.3 is 10.3 Å². The molecular weight excluding hydrogens is 252 g/mol. The summed E-state index contributed by atoms with van der Waals surface area (Å²) in [5, 5.41) is 0. The van der Waals surface area contributed by atoms with Crippen molar-refractivity contribution in [3.05, 3.63) is 59.6 Å². The molecule has 0 aromatic heterocycles. The smallest absolute Gasteiger partial charge is 0.323 e. The van der Waals surface area contributed by atoms with Crippen molar-refractivity contribution >= 4 is 12.0 Å². The Hall–Kier alpha value is -2.71. The van der Waals surface area contributed by atoms with Crippen molar-refractivity contribution in [1.29, 1.82) is 0 Å². The van der Waals surface area contributed by atoms with Gasteiger partial charge in [-0.15, -0.1) is 0 Å². The standard InChI is InChI=1S/C16H14N2O2/c1-20-16-8-6-14(7-9-16)13-4-2-12(3-5-13)10-15(19)11-18-17/h2-9,11H,10H2,1H3. The van der Waals surface area contributed by atoms with E-state index in [0.29, 0.717) is 0 Å². The molecule has 0 amide bonds. The summed E-state index contributed by atoms with van der Waals surface area (Å²) in [4.78, 5) is 14.0. The highest BCUT2D eigenvalue weighted by atomic mass is 16.5. The van der Waals surface area contributed by atoms with Crippen LogP contribution in [0.2, 0.25) is 0 Å². The van der Waals surface area contributed by atoms with E-state index in [9.17, 15) is 4.79 Å². The minimum Gasteiger partial charge on any atom is -0.497 e. The highest BCUT2D eigenvalue weighted by molar-refractivity contribution is 6.25. The first-order valence-electron chi connectivity index (χ1n) is 6.16. The lowest BCUT2D eigenvalue weighted by atomic mass is 10.0. The van der Waals surface area contributed by atoms with Crippen molar-refractivity contribution in [2.45, 2.75) is 6.42 Å². The molecule has 0 saturated carbocycles. The van der Waals surface area contributed by atoms with E-state index < -0.39 is 0 Å². The summed E-state index contributed by atoms with van der Waals surface area (Å²) in [5.41, 5.74) is 11.3. The first kappa shape index (κ1) is 13.7. The van der Waals surface area contributed by atoms with Gasteiger partial charge in [0, 0.05) is 6.42 Å². The van der Waals surface area contributed by atoms with E-state index >= 15 is 0 Å². The van der Waals surface area contributed by atoms with Crippen LogP contribution in [0.5, 0.6) is 5.75 Å². The van der Waals surface area contributed by atoms with Crippen LogP contribution in [0.15, 0.2) is 48.5 Å². The number of rotatable bonds is 5. The summed E-state index contributed by atoms with van der Waals surface area (Å²) in [5.74, 6) is 0.587. The molecule has 0 aliphatic carbocycles. The molecule has 0 heterocycles. The van der Waals surface area contributed by atoms with Crippen LogP contribution in [0.25, 0.3) is 16.7 Å². The van der Waals surface area contributed by atoms with Crippen LogP contribution in [0, 0.1) is 0 Å². The zero-order valence-electron chi connectivity index (χ0n) is 11.1. The molecule has 2 aromatic carbocycles. The maximum atomic E-state index is 11.3. The number of ketones is 1. The number of carbonyl (C=O) groups is 1. The Bertz CT molecular complexity index is 639. The minimum absolute atomic E-state index is 0.229. The number of benzene rings is 2. The van der Waals surface area contributed by atoms with Gasteiger partial charge in [-0.3, -0.25) is 4.79 Å². The topological polar surface area (TPSA) is 62.7 Å². The van der Waals surface area contributed by atoms with E-state index in [0.717, 1.165) is 28.7 Å². The van der Waals surface area contributed by atoms with Crippen molar-refractivity contribution in [2.75, 3.05) is 7.11 Å². The van der Waals surface area contributed by atoms with Crippen LogP contribution < -0.4 is 4.74 Å². The highest BCUT2D eigenvalue weighted by Gasteiger charge is 2.05. The normalized spacial score (nSPS) is 9.65. The van der Waals surface area contributed by atoms with Crippen molar-refractivity contribution in [3.63, 3.8) is 0 Å². The zero-order chi connectivity index (χ0) is 14.4. The van der Waals surface area contributed by atoms with E-state index in [4.69, 9.17) is 10.3 Å². The third-order valence-corrected chi connectivity index (χ3v) is 2.96. The van der Waals surface area contributed by atoms with Gasteiger partial charge in [-0.1, -0.05) is 36.4 Å². The molecule has 0 N–H and O–H groups in total. The van der Waals surface area contributed by atoms with Gasteiger partial charge >= 0.3 is 6.21 Å². The molecule has 0 spiro atoms. The average molecular weight is 266 g/mol. The Morgan fingerprint density at radius 3 is 2.15 bits per heavy atom. The number of methoxy groups -OCH3 is 1. The molecule has 0 fully saturated rings. The third-order valence-electron chi connectivity index (χ3n) is 2.96. The fourth-order valence-corrected chi connectivity index (χ4v) is 1.91. The molecule has 0 saturated heterocycles. The van der Waals surface area contributed by atoms with E-state index in [1.807, 2.05) is 48.5 Å². The molecule has 2 rings (SSSR count). The van der Waals surface area contributed by atoms with E-state index in [1.54, 1.807) is 7.11 Å². The quantitative estimate of drug-likeness (QED) is 0.474. The van der Waals surface area contributed by atoms with Gasteiger partial charge in [0.1, 0.15) is 5.75 Å². The summed E-state index contributed by atoms with van der Waals surface area (Å²) in [6.07, 6.45) is 1.14. The van der Waals surface area contributed by atoms with E-state index in [-0.39, 0.29) is 12.2 Å². The lowest BCUT2D eigenvalue weighted by Crippen LogP contribution is -2.04. The fourth-order valence-electron chi connectivity index (χ4n) is 1.91. The predicted octanol–water partition coefficient (Wildman–Crippen LogP) is 2.77. The number of ether oxygens (including phenoxy) is 1. The number of hydrogen-bond acceptors (Lipinski definition) is 2. The van der Waals surface area contributed by atoms with Gasteiger partial charge in [-0.25, -0.2) is 0 Å². The number of Topliss-reactive ketones (excluding diaryl/α,β-unsaturated/α-hetero) is 1. The average Bonchev–Trinajstić information content (AvgIpc) is 2.48. The van der Waals surface area contributed by atoms with Gasteiger partial charge in [-0.05, 0) is 28.8 Å². The summed E-state index contributed by atoms with van der Waals surface area (Å²) < 4.78 is 5.12. The Labute approximate surface area is 117 Å². The van der Waals surface area contributed by atoms with Crippen molar-refractivity contribution < 1.29 is 14.3 Å². The maximum Gasteiger partial charge on any atom is 0.323 e. The highest BCUT2D eigenvalue weighted by Crippen LogP contribution is 2.22. The summed E-state index contributed by atoms with van der Waals surface area (Å²) >= 11 is 0. The van der Waals surface area contributed by atoms with Gasteiger partial charge in [0.25, 0.3) is 0 Å². The molecule has 100 valence electrons. The monoisotopic (exact) mass is 266 g/mol. The molecule has 0 aliphatic heterocycles. The lowest BCUT2D eigenvalue weighted by Gasteiger charge is -2.04. The molecule has 2 aromatic rings. The van der Waals surface area contributed by atoms with Crippen molar-refractivity contribution in [1.82, 2.24) is 0 Å². The predicted molar refractivity (Wildman–Crippen MR) is 76.8 cm³/mol. The first-order chi connectivity index (χ1) is 9.72. The van der Waals surface area contributed by atoms with Gasteiger partial charge in [0.05, 0.1) is 7.11 Å². The van der Waals surface area contributed by atoms with Crippen LogP contribution in [0.1, 0.15) is 5.56 Å². The molecule has 4 nitrogen and oxygen atoms in total. The second-order valence-corrected chi connectivity index (χ2v) is 4.31. The molecule has 20 heavy (non-hydrogen) atoms. The Morgan fingerprint density at radius 1 is 1.10 bits per heavy atom. The first-order valence-corrected chi connectivity index (χ1v) is 6.16. The SMILES string of the molecule is COc1ccc(-c2ccc(CC(=O)C=[N+]=[N-])cc2)cc1.